The van der Waals surface area contributed by atoms with E-state index in [0.29, 0.717) is 5.92 Å². The minimum absolute atomic E-state index is 0.0883. The monoisotopic (exact) mass is 294 g/mol. The molecule has 2 aliphatic heterocycles. The summed E-state index contributed by atoms with van der Waals surface area (Å²) < 4.78 is 11.3. The van der Waals surface area contributed by atoms with E-state index >= 15 is 0 Å². The predicted octanol–water partition coefficient (Wildman–Crippen LogP) is 1.49. The van der Waals surface area contributed by atoms with Crippen LogP contribution in [0.5, 0.6) is 0 Å². The van der Waals surface area contributed by atoms with E-state index < -0.39 is 0 Å². The van der Waals surface area contributed by atoms with Crippen molar-refractivity contribution in [3.05, 3.63) is 11.7 Å². The summed E-state index contributed by atoms with van der Waals surface area (Å²) in [5.41, 5.74) is -0.0883. The quantitative estimate of drug-likeness (QED) is 0.842. The fourth-order valence-corrected chi connectivity index (χ4v) is 3.15. The van der Waals surface area contributed by atoms with Crippen molar-refractivity contribution in [1.29, 1.82) is 0 Å². The Morgan fingerprint density at radius 2 is 2.00 bits per heavy atom. The molecule has 6 nitrogen and oxygen atoms in total. The van der Waals surface area contributed by atoms with Gasteiger partial charge < -0.3 is 14.2 Å². The molecule has 0 saturated carbocycles. The smallest absolute Gasteiger partial charge is 0.230 e. The zero-order chi connectivity index (χ0) is 14.9. The van der Waals surface area contributed by atoms with Crippen LogP contribution in [0.15, 0.2) is 4.52 Å². The predicted molar refractivity (Wildman–Crippen MR) is 79.1 cm³/mol. The molecule has 1 aromatic heterocycles. The summed E-state index contributed by atoms with van der Waals surface area (Å²) in [6.45, 7) is 10.2. The molecule has 21 heavy (non-hydrogen) atoms. The lowest BCUT2D eigenvalue weighted by Gasteiger charge is -2.33. The minimum atomic E-state index is -0.0883. The van der Waals surface area contributed by atoms with Gasteiger partial charge >= 0.3 is 0 Å². The van der Waals surface area contributed by atoms with Gasteiger partial charge in [0.25, 0.3) is 0 Å². The van der Waals surface area contributed by atoms with Crippen LogP contribution in [0.3, 0.4) is 0 Å². The minimum Gasteiger partial charge on any atom is -0.376 e. The third kappa shape index (κ3) is 3.81. The summed E-state index contributed by atoms with van der Waals surface area (Å²) in [4.78, 5) is 9.36. The lowest BCUT2D eigenvalue weighted by molar-refractivity contribution is -0.0627. The Bertz CT molecular complexity index is 466. The van der Waals surface area contributed by atoms with Crippen molar-refractivity contribution in [2.75, 3.05) is 39.8 Å². The second-order valence-electron chi connectivity index (χ2n) is 6.93. The van der Waals surface area contributed by atoms with Crippen LogP contribution in [0.4, 0.5) is 0 Å². The van der Waals surface area contributed by atoms with E-state index in [0.717, 1.165) is 63.9 Å². The Morgan fingerprint density at radius 3 is 2.71 bits per heavy atom. The maximum atomic E-state index is 5.75. The summed E-state index contributed by atoms with van der Waals surface area (Å²) in [5, 5.41) is 4.17. The molecule has 1 unspecified atom stereocenters. The molecule has 0 aromatic carbocycles. The van der Waals surface area contributed by atoms with E-state index in [2.05, 4.69) is 40.8 Å². The number of nitrogens with zero attached hydrogens (tertiary/aromatic N) is 4. The molecule has 3 rings (SSSR count). The molecular formula is C15H26N4O2. The Kier molecular flexibility index (Phi) is 4.28. The molecule has 1 aromatic rings. The van der Waals surface area contributed by atoms with E-state index in [-0.39, 0.29) is 5.60 Å². The Morgan fingerprint density at radius 1 is 1.24 bits per heavy atom. The van der Waals surface area contributed by atoms with Gasteiger partial charge in [0.1, 0.15) is 0 Å². The first-order chi connectivity index (χ1) is 10.0. The fourth-order valence-electron chi connectivity index (χ4n) is 3.15. The maximum absolute atomic E-state index is 5.75. The van der Waals surface area contributed by atoms with Crippen LogP contribution in [0.25, 0.3) is 0 Å². The summed E-state index contributed by atoms with van der Waals surface area (Å²) in [5.74, 6) is 1.94. The van der Waals surface area contributed by atoms with Crippen molar-refractivity contribution >= 4 is 0 Å². The van der Waals surface area contributed by atoms with Gasteiger partial charge in [0.05, 0.1) is 12.1 Å². The summed E-state index contributed by atoms with van der Waals surface area (Å²) in [7, 11) is 2.16. The normalized spacial score (nSPS) is 27.9. The van der Waals surface area contributed by atoms with Crippen LogP contribution in [0.2, 0.25) is 0 Å². The average Bonchev–Trinajstić information content (AvgIpc) is 2.89. The van der Waals surface area contributed by atoms with Gasteiger partial charge in [-0.1, -0.05) is 5.16 Å². The van der Waals surface area contributed by atoms with Gasteiger partial charge in [-0.05, 0) is 33.7 Å². The van der Waals surface area contributed by atoms with Crippen LogP contribution >= 0.6 is 0 Å². The van der Waals surface area contributed by atoms with Gasteiger partial charge in [-0.25, -0.2) is 0 Å². The molecule has 0 amide bonds. The van der Waals surface area contributed by atoms with Crippen LogP contribution in [0, 0.1) is 0 Å². The molecule has 3 heterocycles. The average molecular weight is 294 g/mol. The van der Waals surface area contributed by atoms with Crippen LogP contribution in [-0.2, 0) is 11.3 Å². The summed E-state index contributed by atoms with van der Waals surface area (Å²) in [6.07, 6.45) is 1.92. The third-order valence-electron chi connectivity index (χ3n) is 4.49. The third-order valence-corrected chi connectivity index (χ3v) is 4.49. The molecule has 0 N–H and O–H groups in total. The van der Waals surface area contributed by atoms with Crippen molar-refractivity contribution < 1.29 is 9.26 Å². The molecule has 0 radical (unpaired) electrons. The van der Waals surface area contributed by atoms with Gasteiger partial charge in [0.15, 0.2) is 5.82 Å². The Hall–Kier alpha value is -0.980. The molecular weight excluding hydrogens is 268 g/mol. The fraction of sp³-hybridized carbons (Fsp3) is 0.867. The van der Waals surface area contributed by atoms with Crippen molar-refractivity contribution in [1.82, 2.24) is 19.9 Å². The van der Waals surface area contributed by atoms with Crippen molar-refractivity contribution in [3.63, 3.8) is 0 Å². The number of aromatic nitrogens is 2. The number of hydrogen-bond donors (Lipinski definition) is 0. The highest BCUT2D eigenvalue weighted by atomic mass is 16.5. The van der Waals surface area contributed by atoms with Crippen molar-refractivity contribution in [2.45, 2.75) is 44.8 Å². The summed E-state index contributed by atoms with van der Waals surface area (Å²) in [6, 6.07) is 0. The van der Waals surface area contributed by atoms with Crippen molar-refractivity contribution in [2.24, 2.45) is 0 Å². The molecule has 2 fully saturated rings. The van der Waals surface area contributed by atoms with Gasteiger partial charge in [-0.15, -0.1) is 0 Å². The van der Waals surface area contributed by atoms with E-state index in [1.807, 2.05) is 0 Å². The number of likely N-dealkylation sites (N-methyl/N-ethyl adjacent to an activating group) is 1. The van der Waals surface area contributed by atoms with Crippen LogP contribution in [-0.4, -0.2) is 65.4 Å². The molecule has 0 bridgehead atoms. The number of hydrogen-bond acceptors (Lipinski definition) is 6. The van der Waals surface area contributed by atoms with Gasteiger partial charge in [-0.3, -0.25) is 4.90 Å². The molecule has 6 heteroatoms. The first-order valence-corrected chi connectivity index (χ1v) is 7.89. The Balaban J connectivity index is 1.58. The highest BCUT2D eigenvalue weighted by Gasteiger charge is 2.33. The highest BCUT2D eigenvalue weighted by molar-refractivity contribution is 4.98. The number of ether oxygens (including phenoxy) is 1. The summed E-state index contributed by atoms with van der Waals surface area (Å²) >= 11 is 0. The lowest BCUT2D eigenvalue weighted by atomic mass is 9.88. The zero-order valence-corrected chi connectivity index (χ0v) is 13.3. The second kappa shape index (κ2) is 6.02. The van der Waals surface area contributed by atoms with E-state index in [4.69, 9.17) is 9.26 Å². The lowest BCUT2D eigenvalue weighted by Crippen LogP contribution is -2.44. The van der Waals surface area contributed by atoms with E-state index in [1.165, 1.54) is 0 Å². The van der Waals surface area contributed by atoms with Gasteiger partial charge in [0, 0.05) is 38.7 Å². The van der Waals surface area contributed by atoms with Crippen LogP contribution in [0.1, 0.15) is 44.3 Å². The van der Waals surface area contributed by atoms with E-state index in [1.54, 1.807) is 0 Å². The van der Waals surface area contributed by atoms with E-state index in [9.17, 15) is 0 Å². The molecule has 0 spiro atoms. The SMILES string of the molecule is CN1CCN(Cc2noc(C3CCOC(C)(C)C3)n2)CC1. The largest absolute Gasteiger partial charge is 0.376 e. The standard InChI is InChI=1S/C15H26N4O2/c1-15(2)10-12(4-9-20-15)14-16-13(17-21-14)11-19-7-5-18(3)6-8-19/h12H,4-11H2,1-3H3. The van der Waals surface area contributed by atoms with Gasteiger partial charge in [0.2, 0.25) is 5.89 Å². The molecule has 0 aliphatic carbocycles. The zero-order valence-electron chi connectivity index (χ0n) is 13.3. The highest BCUT2D eigenvalue weighted by Crippen LogP contribution is 2.34. The molecule has 2 saturated heterocycles. The number of piperazine rings is 1. The van der Waals surface area contributed by atoms with Crippen molar-refractivity contribution in [3.8, 4) is 0 Å². The maximum Gasteiger partial charge on any atom is 0.230 e. The first-order valence-electron chi connectivity index (χ1n) is 7.89. The molecule has 2 aliphatic rings. The Labute approximate surface area is 126 Å². The van der Waals surface area contributed by atoms with Crippen LogP contribution < -0.4 is 0 Å². The second-order valence-corrected chi connectivity index (χ2v) is 6.93. The van der Waals surface area contributed by atoms with Gasteiger partial charge in [-0.2, -0.15) is 4.98 Å². The topological polar surface area (TPSA) is 54.6 Å². The number of rotatable bonds is 3. The molecule has 1 atom stereocenters. The molecule has 118 valence electrons. The first kappa shape index (κ1) is 14.9.